The Morgan fingerprint density at radius 1 is 0.957 bits per heavy atom. The summed E-state index contributed by atoms with van der Waals surface area (Å²) in [6.07, 6.45) is 3.13. The molecule has 0 spiro atoms. The second-order valence-electron chi connectivity index (χ2n) is 4.93. The molecule has 4 heteroatoms. The molecule has 23 heavy (non-hydrogen) atoms. The minimum absolute atomic E-state index is 0.360. The Hall–Kier alpha value is -2.88. The van der Waals surface area contributed by atoms with Crippen LogP contribution in [0.3, 0.4) is 0 Å². The van der Waals surface area contributed by atoms with Gasteiger partial charge >= 0.3 is 11.9 Å². The molecule has 4 nitrogen and oxygen atoms in total. The zero-order chi connectivity index (χ0) is 16.7. The Bertz CT molecular complexity index is 684. The molecule has 0 saturated carbocycles. The second-order valence-corrected chi connectivity index (χ2v) is 4.93. The molecule has 0 aromatic heterocycles. The fourth-order valence-corrected chi connectivity index (χ4v) is 2.00. The lowest BCUT2D eigenvalue weighted by Crippen LogP contribution is -2.08. The van der Waals surface area contributed by atoms with Gasteiger partial charge in [-0.25, -0.2) is 9.59 Å². The summed E-state index contributed by atoms with van der Waals surface area (Å²) in [5.74, 6) is -0.226. The normalized spacial score (nSPS) is 9.96. The van der Waals surface area contributed by atoms with Crippen molar-refractivity contribution in [3.8, 4) is 11.5 Å². The number of hydrogen-bond acceptors (Lipinski definition) is 4. The lowest BCUT2D eigenvalue weighted by molar-refractivity contribution is -0.128. The number of ether oxygens (including phenoxy) is 2. The van der Waals surface area contributed by atoms with Gasteiger partial charge in [0.05, 0.1) is 5.56 Å². The Labute approximate surface area is 135 Å². The molecule has 2 aromatic carbocycles. The van der Waals surface area contributed by atoms with Gasteiger partial charge in [0.1, 0.15) is 11.5 Å². The number of benzene rings is 2. The SMILES string of the molecule is C=CC(=O)Oc1ccc(OC(=O)c2ccc(CCC)cc2)cc1. The van der Waals surface area contributed by atoms with E-state index in [-0.39, 0.29) is 0 Å². The van der Waals surface area contributed by atoms with E-state index in [1.165, 1.54) is 5.56 Å². The zero-order valence-corrected chi connectivity index (χ0v) is 13.0. The van der Waals surface area contributed by atoms with Gasteiger partial charge in [0.25, 0.3) is 0 Å². The van der Waals surface area contributed by atoms with E-state index in [4.69, 9.17) is 9.47 Å². The van der Waals surface area contributed by atoms with Crippen molar-refractivity contribution >= 4 is 11.9 Å². The maximum Gasteiger partial charge on any atom is 0.343 e. The van der Waals surface area contributed by atoms with Crippen LogP contribution in [-0.4, -0.2) is 11.9 Å². The van der Waals surface area contributed by atoms with Gasteiger partial charge < -0.3 is 9.47 Å². The van der Waals surface area contributed by atoms with Gasteiger partial charge in [-0.15, -0.1) is 0 Å². The molecule has 2 rings (SSSR count). The van der Waals surface area contributed by atoms with Crippen molar-refractivity contribution in [1.29, 1.82) is 0 Å². The Morgan fingerprint density at radius 3 is 2.04 bits per heavy atom. The standard InChI is InChI=1S/C19H18O4/c1-3-5-14-6-8-15(9-7-14)19(21)23-17-12-10-16(11-13-17)22-18(20)4-2/h4,6-13H,2-3,5H2,1H3. The van der Waals surface area contributed by atoms with Gasteiger partial charge in [0.15, 0.2) is 0 Å². The van der Waals surface area contributed by atoms with Crippen LogP contribution < -0.4 is 9.47 Å². The minimum atomic E-state index is -0.540. The maximum atomic E-state index is 12.1. The van der Waals surface area contributed by atoms with Crippen LogP contribution in [0, 0.1) is 0 Å². The van der Waals surface area contributed by atoms with Crippen molar-refractivity contribution < 1.29 is 19.1 Å². The van der Waals surface area contributed by atoms with Crippen molar-refractivity contribution in [1.82, 2.24) is 0 Å². The zero-order valence-electron chi connectivity index (χ0n) is 13.0. The van der Waals surface area contributed by atoms with Crippen LogP contribution in [0.15, 0.2) is 61.2 Å². The first-order valence-corrected chi connectivity index (χ1v) is 7.38. The molecule has 0 heterocycles. The van der Waals surface area contributed by atoms with Gasteiger partial charge in [0.2, 0.25) is 0 Å². The third-order valence-electron chi connectivity index (χ3n) is 3.15. The summed E-state index contributed by atoms with van der Waals surface area (Å²) in [7, 11) is 0. The van der Waals surface area contributed by atoms with Crippen LogP contribution in [0.25, 0.3) is 0 Å². The Morgan fingerprint density at radius 2 is 1.52 bits per heavy atom. The van der Waals surface area contributed by atoms with Crippen LogP contribution in [0.4, 0.5) is 0 Å². The van der Waals surface area contributed by atoms with Crippen LogP contribution in [0.2, 0.25) is 0 Å². The van der Waals surface area contributed by atoms with Gasteiger partial charge in [-0.05, 0) is 48.4 Å². The third kappa shape index (κ3) is 4.81. The summed E-state index contributed by atoms with van der Waals surface area (Å²) in [6.45, 7) is 5.43. The molecule has 2 aromatic rings. The highest BCUT2D eigenvalue weighted by Crippen LogP contribution is 2.19. The van der Waals surface area contributed by atoms with Crippen LogP contribution in [0.5, 0.6) is 11.5 Å². The summed E-state index contributed by atoms with van der Waals surface area (Å²) < 4.78 is 10.2. The first-order valence-electron chi connectivity index (χ1n) is 7.38. The maximum absolute atomic E-state index is 12.1. The van der Waals surface area contributed by atoms with E-state index in [2.05, 4.69) is 13.5 Å². The minimum Gasteiger partial charge on any atom is -0.423 e. The van der Waals surface area contributed by atoms with E-state index in [1.807, 2.05) is 12.1 Å². The van der Waals surface area contributed by atoms with E-state index in [1.54, 1.807) is 36.4 Å². The highest BCUT2D eigenvalue weighted by Gasteiger charge is 2.09. The molecule has 0 aliphatic carbocycles. The predicted octanol–water partition coefficient (Wildman–Crippen LogP) is 3.95. The lowest BCUT2D eigenvalue weighted by atomic mass is 10.1. The fourth-order valence-electron chi connectivity index (χ4n) is 2.00. The van der Waals surface area contributed by atoms with Crippen molar-refractivity contribution in [2.75, 3.05) is 0 Å². The van der Waals surface area contributed by atoms with Gasteiger partial charge in [-0.3, -0.25) is 0 Å². The molecule has 0 bridgehead atoms. The molecule has 118 valence electrons. The number of hydrogen-bond donors (Lipinski definition) is 0. The van der Waals surface area contributed by atoms with Crippen molar-refractivity contribution in [2.24, 2.45) is 0 Å². The number of carbonyl (C=O) groups is 2. The molecular formula is C19H18O4. The topological polar surface area (TPSA) is 52.6 Å². The van der Waals surface area contributed by atoms with Gasteiger partial charge in [0, 0.05) is 6.08 Å². The molecule has 0 N–H and O–H groups in total. The van der Waals surface area contributed by atoms with E-state index in [0.29, 0.717) is 17.1 Å². The van der Waals surface area contributed by atoms with Crippen LogP contribution in [-0.2, 0) is 11.2 Å². The molecule has 0 unspecified atom stereocenters. The molecule has 0 atom stereocenters. The summed E-state index contributed by atoms with van der Waals surface area (Å²) in [4.78, 5) is 23.1. The first kappa shape index (κ1) is 16.5. The molecule has 0 aliphatic rings. The van der Waals surface area contributed by atoms with Crippen molar-refractivity contribution in [3.05, 3.63) is 72.3 Å². The summed E-state index contributed by atoms with van der Waals surface area (Å²) in [5.41, 5.74) is 1.68. The van der Waals surface area contributed by atoms with Crippen LogP contribution in [0.1, 0.15) is 29.3 Å². The fraction of sp³-hybridized carbons (Fsp3) is 0.158. The van der Waals surface area contributed by atoms with Crippen molar-refractivity contribution in [2.45, 2.75) is 19.8 Å². The average molecular weight is 310 g/mol. The first-order chi connectivity index (χ1) is 11.1. The van der Waals surface area contributed by atoms with E-state index < -0.39 is 11.9 Å². The van der Waals surface area contributed by atoms with E-state index in [9.17, 15) is 9.59 Å². The molecule has 0 fully saturated rings. The summed E-state index contributed by atoms with van der Waals surface area (Å²) in [6, 6.07) is 13.6. The summed E-state index contributed by atoms with van der Waals surface area (Å²) in [5, 5.41) is 0. The summed E-state index contributed by atoms with van der Waals surface area (Å²) >= 11 is 0. The molecule has 0 saturated heterocycles. The van der Waals surface area contributed by atoms with E-state index in [0.717, 1.165) is 18.9 Å². The highest BCUT2D eigenvalue weighted by atomic mass is 16.5. The Balaban J connectivity index is 1.99. The van der Waals surface area contributed by atoms with Crippen LogP contribution >= 0.6 is 0 Å². The number of rotatable bonds is 6. The smallest absolute Gasteiger partial charge is 0.343 e. The molecule has 0 aliphatic heterocycles. The van der Waals surface area contributed by atoms with Gasteiger partial charge in [-0.1, -0.05) is 32.1 Å². The monoisotopic (exact) mass is 310 g/mol. The average Bonchev–Trinajstić information content (AvgIpc) is 2.57. The number of esters is 2. The predicted molar refractivity (Wildman–Crippen MR) is 87.7 cm³/mol. The highest BCUT2D eigenvalue weighted by molar-refractivity contribution is 5.91. The van der Waals surface area contributed by atoms with E-state index >= 15 is 0 Å². The number of carbonyl (C=O) groups excluding carboxylic acids is 2. The van der Waals surface area contributed by atoms with Crippen molar-refractivity contribution in [3.63, 3.8) is 0 Å². The molecular weight excluding hydrogens is 292 g/mol. The molecule has 0 radical (unpaired) electrons. The second kappa shape index (κ2) is 7.94. The number of aryl methyl sites for hydroxylation is 1. The molecule has 0 amide bonds. The van der Waals surface area contributed by atoms with Gasteiger partial charge in [-0.2, -0.15) is 0 Å². The lowest BCUT2D eigenvalue weighted by Gasteiger charge is -2.06. The third-order valence-corrected chi connectivity index (χ3v) is 3.15. The largest absolute Gasteiger partial charge is 0.423 e. The quantitative estimate of drug-likeness (QED) is 0.460. The Kier molecular flexibility index (Phi) is 5.69.